The average Bonchev–Trinajstić information content (AvgIpc) is 2.73. The minimum atomic E-state index is -0.359. The maximum Gasteiger partial charge on any atom is 0.223 e. The van der Waals surface area contributed by atoms with Crippen molar-refractivity contribution in [3.05, 3.63) is 35.1 Å². The number of hydrogen-bond donors (Lipinski definition) is 0. The van der Waals surface area contributed by atoms with E-state index in [9.17, 15) is 9.18 Å². The second kappa shape index (κ2) is 5.18. The van der Waals surface area contributed by atoms with Crippen molar-refractivity contribution < 1.29 is 9.18 Å². The molecule has 0 N–H and O–H groups in total. The third-order valence-electron chi connectivity index (χ3n) is 3.41. The molecule has 1 fully saturated rings. The van der Waals surface area contributed by atoms with E-state index in [0.717, 1.165) is 6.42 Å². The summed E-state index contributed by atoms with van der Waals surface area (Å²) in [4.78, 5) is 13.4. The highest BCUT2D eigenvalue weighted by atomic mass is 19.1. The topological polar surface area (TPSA) is 44.1 Å². The third-order valence-corrected chi connectivity index (χ3v) is 3.41. The van der Waals surface area contributed by atoms with Crippen LogP contribution in [0.2, 0.25) is 0 Å². The summed E-state index contributed by atoms with van der Waals surface area (Å²) in [6.07, 6.45) is 1.51. The molecule has 3 nitrogen and oxygen atoms in total. The molecule has 0 saturated carbocycles. The van der Waals surface area contributed by atoms with E-state index in [0.29, 0.717) is 30.0 Å². The number of carbonyl (C=O) groups is 1. The predicted molar refractivity (Wildman–Crippen MR) is 64.9 cm³/mol. The Morgan fingerprint density at radius 3 is 2.94 bits per heavy atom. The van der Waals surface area contributed by atoms with E-state index in [-0.39, 0.29) is 18.3 Å². The maximum absolute atomic E-state index is 13.6. The Morgan fingerprint density at radius 1 is 1.56 bits per heavy atom. The van der Waals surface area contributed by atoms with Gasteiger partial charge in [0.15, 0.2) is 0 Å². The summed E-state index contributed by atoms with van der Waals surface area (Å²) in [7, 11) is 0. The molecule has 1 unspecified atom stereocenters. The van der Waals surface area contributed by atoms with E-state index in [1.807, 2.05) is 6.07 Å². The van der Waals surface area contributed by atoms with Crippen LogP contribution in [-0.2, 0) is 11.3 Å². The molecule has 1 saturated heterocycles. The lowest BCUT2D eigenvalue weighted by atomic mass is 10.1. The molecule has 0 radical (unpaired) electrons. The highest BCUT2D eigenvalue weighted by molar-refractivity contribution is 5.78. The standard InChI is InChI=1S/C14H15FN2O/c1-2-10-6-14(18)17(8-10)9-12-5-11(7-16)3-4-13(12)15/h3-5,10H,2,6,8-9H2,1H3. The molecule has 1 aromatic carbocycles. The summed E-state index contributed by atoms with van der Waals surface area (Å²) in [5.41, 5.74) is 0.837. The molecule has 1 amide bonds. The van der Waals surface area contributed by atoms with Crippen molar-refractivity contribution in [2.45, 2.75) is 26.3 Å². The van der Waals surface area contributed by atoms with Gasteiger partial charge in [-0.3, -0.25) is 4.79 Å². The van der Waals surface area contributed by atoms with Crippen LogP contribution in [0.25, 0.3) is 0 Å². The van der Waals surface area contributed by atoms with Crippen LogP contribution in [0.4, 0.5) is 4.39 Å². The van der Waals surface area contributed by atoms with Gasteiger partial charge in [-0.05, 0) is 24.1 Å². The lowest BCUT2D eigenvalue weighted by Crippen LogP contribution is -2.25. The number of halogens is 1. The van der Waals surface area contributed by atoms with Crippen LogP contribution < -0.4 is 0 Å². The first-order valence-corrected chi connectivity index (χ1v) is 6.10. The fourth-order valence-electron chi connectivity index (χ4n) is 2.25. The Balaban J connectivity index is 2.15. The molecule has 1 aliphatic rings. The molecule has 1 heterocycles. The molecule has 1 aromatic rings. The van der Waals surface area contributed by atoms with Crippen molar-refractivity contribution in [2.75, 3.05) is 6.54 Å². The Hall–Kier alpha value is -1.89. The highest BCUT2D eigenvalue weighted by Crippen LogP contribution is 2.23. The second-order valence-electron chi connectivity index (χ2n) is 4.67. The third kappa shape index (κ3) is 2.51. The number of amides is 1. The van der Waals surface area contributed by atoms with Crippen LogP contribution in [0.5, 0.6) is 0 Å². The molecule has 2 rings (SSSR count). The van der Waals surface area contributed by atoms with E-state index in [1.54, 1.807) is 4.90 Å². The van der Waals surface area contributed by atoms with Gasteiger partial charge in [0.25, 0.3) is 0 Å². The van der Waals surface area contributed by atoms with E-state index in [4.69, 9.17) is 5.26 Å². The average molecular weight is 246 g/mol. The van der Waals surface area contributed by atoms with E-state index < -0.39 is 0 Å². The zero-order valence-electron chi connectivity index (χ0n) is 10.3. The zero-order chi connectivity index (χ0) is 13.1. The van der Waals surface area contributed by atoms with Gasteiger partial charge in [-0.25, -0.2) is 4.39 Å². The van der Waals surface area contributed by atoms with Crippen LogP contribution in [0.15, 0.2) is 18.2 Å². The largest absolute Gasteiger partial charge is 0.338 e. The number of carbonyl (C=O) groups excluding carboxylic acids is 1. The van der Waals surface area contributed by atoms with Gasteiger partial charge in [0.1, 0.15) is 5.82 Å². The molecule has 94 valence electrons. The van der Waals surface area contributed by atoms with Crippen LogP contribution in [-0.4, -0.2) is 17.4 Å². The predicted octanol–water partition coefficient (Wildman–Crippen LogP) is 2.46. The van der Waals surface area contributed by atoms with Gasteiger partial charge >= 0.3 is 0 Å². The molecule has 18 heavy (non-hydrogen) atoms. The number of rotatable bonds is 3. The Labute approximate surface area is 106 Å². The lowest BCUT2D eigenvalue weighted by Gasteiger charge is -2.17. The number of hydrogen-bond acceptors (Lipinski definition) is 2. The molecule has 1 aliphatic heterocycles. The summed E-state index contributed by atoms with van der Waals surface area (Å²) < 4.78 is 13.6. The molecule has 0 aliphatic carbocycles. The van der Waals surface area contributed by atoms with Gasteiger partial charge in [0.05, 0.1) is 11.6 Å². The highest BCUT2D eigenvalue weighted by Gasteiger charge is 2.28. The van der Waals surface area contributed by atoms with Gasteiger partial charge in [0.2, 0.25) is 5.91 Å². The number of nitriles is 1. The zero-order valence-corrected chi connectivity index (χ0v) is 10.3. The monoisotopic (exact) mass is 246 g/mol. The smallest absolute Gasteiger partial charge is 0.223 e. The van der Waals surface area contributed by atoms with Crippen LogP contribution in [0.1, 0.15) is 30.9 Å². The minimum absolute atomic E-state index is 0.0728. The first-order valence-electron chi connectivity index (χ1n) is 6.10. The Morgan fingerprint density at radius 2 is 2.33 bits per heavy atom. The van der Waals surface area contributed by atoms with Crippen LogP contribution >= 0.6 is 0 Å². The maximum atomic E-state index is 13.6. The quantitative estimate of drug-likeness (QED) is 0.822. The van der Waals surface area contributed by atoms with Crippen molar-refractivity contribution in [1.29, 1.82) is 5.26 Å². The molecule has 0 aromatic heterocycles. The normalized spacial score (nSPS) is 19.1. The fraction of sp³-hybridized carbons (Fsp3) is 0.429. The van der Waals surface area contributed by atoms with E-state index >= 15 is 0 Å². The minimum Gasteiger partial charge on any atom is -0.338 e. The van der Waals surface area contributed by atoms with Crippen molar-refractivity contribution >= 4 is 5.91 Å². The summed E-state index contributed by atoms with van der Waals surface area (Å²) >= 11 is 0. The first-order chi connectivity index (χ1) is 8.63. The van der Waals surface area contributed by atoms with E-state index in [1.165, 1.54) is 18.2 Å². The van der Waals surface area contributed by atoms with Gasteiger partial charge in [-0.2, -0.15) is 5.26 Å². The Kier molecular flexibility index (Phi) is 3.61. The van der Waals surface area contributed by atoms with Crippen molar-refractivity contribution in [3.8, 4) is 6.07 Å². The van der Waals surface area contributed by atoms with Gasteiger partial charge in [0, 0.05) is 25.1 Å². The summed E-state index contributed by atoms with van der Waals surface area (Å²) in [6, 6.07) is 6.22. The van der Waals surface area contributed by atoms with Crippen LogP contribution in [0, 0.1) is 23.1 Å². The molecule has 0 spiro atoms. The number of nitrogens with zero attached hydrogens (tertiary/aromatic N) is 2. The molecular weight excluding hydrogens is 231 g/mol. The van der Waals surface area contributed by atoms with Crippen molar-refractivity contribution in [1.82, 2.24) is 4.90 Å². The van der Waals surface area contributed by atoms with Crippen molar-refractivity contribution in [2.24, 2.45) is 5.92 Å². The first kappa shape index (κ1) is 12.6. The number of benzene rings is 1. The SMILES string of the molecule is CCC1CC(=O)N(Cc2cc(C#N)ccc2F)C1. The Bertz CT molecular complexity index is 507. The summed E-state index contributed by atoms with van der Waals surface area (Å²) in [6.45, 7) is 3.00. The van der Waals surface area contributed by atoms with Gasteiger partial charge in [-0.15, -0.1) is 0 Å². The molecule has 0 bridgehead atoms. The van der Waals surface area contributed by atoms with Gasteiger partial charge in [-0.1, -0.05) is 13.3 Å². The molecule has 1 atom stereocenters. The second-order valence-corrected chi connectivity index (χ2v) is 4.67. The van der Waals surface area contributed by atoms with Crippen molar-refractivity contribution in [3.63, 3.8) is 0 Å². The summed E-state index contributed by atoms with van der Waals surface area (Å²) in [5, 5.41) is 8.79. The molecular formula is C14H15FN2O. The summed E-state index contributed by atoms with van der Waals surface area (Å²) in [5.74, 6) is 0.0880. The van der Waals surface area contributed by atoms with Gasteiger partial charge < -0.3 is 4.90 Å². The van der Waals surface area contributed by atoms with Crippen LogP contribution in [0.3, 0.4) is 0 Å². The molecule has 4 heteroatoms. The van der Waals surface area contributed by atoms with E-state index in [2.05, 4.69) is 6.92 Å². The fourth-order valence-corrected chi connectivity index (χ4v) is 2.25. The number of likely N-dealkylation sites (tertiary alicyclic amines) is 1. The lowest BCUT2D eigenvalue weighted by molar-refractivity contribution is -0.128.